The van der Waals surface area contributed by atoms with E-state index in [1.165, 1.54) is 37.0 Å². The zero-order valence-electron chi connectivity index (χ0n) is 10.8. The minimum Gasteiger partial charge on any atom is -0.490 e. The summed E-state index contributed by atoms with van der Waals surface area (Å²) in [6, 6.07) is 6.10. The minimum atomic E-state index is -0.881. The van der Waals surface area contributed by atoms with Gasteiger partial charge in [-0.1, -0.05) is 6.07 Å². The summed E-state index contributed by atoms with van der Waals surface area (Å²) in [4.78, 5) is 14.1. The number of nitro groups is 1. The molecule has 106 valence electrons. The molecule has 0 aliphatic heterocycles. The van der Waals surface area contributed by atoms with Gasteiger partial charge in [-0.25, -0.2) is 4.68 Å². The van der Waals surface area contributed by atoms with Crippen molar-refractivity contribution in [2.24, 2.45) is 0 Å². The van der Waals surface area contributed by atoms with Gasteiger partial charge in [0.15, 0.2) is 6.23 Å². The topological polar surface area (TPSA) is 79.4 Å². The fraction of sp³-hybridized carbons (Fsp3) is 0.250. The maximum atomic E-state index is 12.1. The van der Waals surface area contributed by atoms with Crippen LogP contribution in [-0.2, 0) is 4.94 Å². The van der Waals surface area contributed by atoms with Crippen LogP contribution in [0.25, 0.3) is 11.3 Å². The van der Waals surface area contributed by atoms with Gasteiger partial charge in [0.25, 0.3) is 0 Å². The highest BCUT2D eigenvalue weighted by atomic mass is 19.3. The molecule has 0 aliphatic rings. The van der Waals surface area contributed by atoms with E-state index in [4.69, 9.17) is 4.74 Å². The molecule has 2 rings (SSSR count). The van der Waals surface area contributed by atoms with Gasteiger partial charge in [0.1, 0.15) is 0 Å². The van der Waals surface area contributed by atoms with Crippen LogP contribution < -0.4 is 4.74 Å². The van der Waals surface area contributed by atoms with Gasteiger partial charge in [0.05, 0.1) is 23.3 Å². The van der Waals surface area contributed by atoms with Gasteiger partial charge >= 0.3 is 5.69 Å². The first-order chi connectivity index (χ1) is 9.58. The van der Waals surface area contributed by atoms with E-state index in [-0.39, 0.29) is 11.4 Å². The van der Waals surface area contributed by atoms with Gasteiger partial charge in [0, 0.05) is 12.3 Å². The molecule has 0 amide bonds. The Morgan fingerprint density at radius 3 is 2.80 bits per heavy atom. The highest BCUT2D eigenvalue weighted by Crippen LogP contribution is 2.36. The fourth-order valence-electron chi connectivity index (χ4n) is 1.81. The molecule has 2 aromatic rings. The Labute approximate surface area is 113 Å². The van der Waals surface area contributed by atoms with Crippen LogP contribution in [0.1, 0.15) is 13.2 Å². The quantitative estimate of drug-likeness (QED) is 0.622. The van der Waals surface area contributed by atoms with Crippen LogP contribution in [0.2, 0.25) is 0 Å². The summed E-state index contributed by atoms with van der Waals surface area (Å²) in [5.41, 5.74) is 0.718. The Balaban J connectivity index is 2.50. The highest BCUT2D eigenvalue weighted by molar-refractivity contribution is 5.72. The lowest BCUT2D eigenvalue weighted by atomic mass is 10.1. The van der Waals surface area contributed by atoms with Crippen molar-refractivity contribution in [3.05, 3.63) is 40.6 Å². The monoisotopic (exact) mass is 281 g/mol. The first-order valence-electron chi connectivity index (χ1n) is 5.72. The van der Waals surface area contributed by atoms with Crippen molar-refractivity contribution in [3.63, 3.8) is 0 Å². The molecule has 0 saturated heterocycles. The second kappa shape index (κ2) is 5.66. The highest BCUT2D eigenvalue weighted by Gasteiger charge is 2.21. The second-order valence-electron chi connectivity index (χ2n) is 3.98. The maximum Gasteiger partial charge on any atom is 0.311 e. The third-order valence-corrected chi connectivity index (χ3v) is 2.78. The Kier molecular flexibility index (Phi) is 3.94. The summed E-state index contributed by atoms with van der Waals surface area (Å²) in [5.74, 6) is 0.108. The van der Waals surface area contributed by atoms with Crippen molar-refractivity contribution in [2.75, 3.05) is 7.11 Å². The van der Waals surface area contributed by atoms with E-state index in [1.807, 2.05) is 0 Å². The normalized spacial score (nSPS) is 12.2. The summed E-state index contributed by atoms with van der Waals surface area (Å²) in [6.07, 6.45) is 0.631. The molecule has 0 N–H and O–H groups in total. The summed E-state index contributed by atoms with van der Waals surface area (Å²) >= 11 is 0. The van der Waals surface area contributed by atoms with Crippen LogP contribution >= 0.6 is 0 Å². The number of nitrogens with zero attached hydrogens (tertiary/aromatic N) is 3. The maximum absolute atomic E-state index is 12.1. The number of nitro benzene ring substituents is 1. The predicted molar refractivity (Wildman–Crippen MR) is 67.8 cm³/mol. The van der Waals surface area contributed by atoms with E-state index in [9.17, 15) is 14.6 Å². The van der Waals surface area contributed by atoms with Gasteiger partial charge in [-0.3, -0.25) is 10.1 Å². The van der Waals surface area contributed by atoms with Crippen molar-refractivity contribution in [1.29, 1.82) is 0 Å². The number of ether oxygens (including phenoxy) is 1. The first kappa shape index (κ1) is 13.9. The zero-order chi connectivity index (χ0) is 14.7. The lowest BCUT2D eigenvalue weighted by Crippen LogP contribution is -2.05. The average Bonchev–Trinajstić information content (AvgIpc) is 2.95. The van der Waals surface area contributed by atoms with Crippen molar-refractivity contribution < 1.29 is 19.1 Å². The van der Waals surface area contributed by atoms with E-state index in [0.717, 1.165) is 0 Å². The van der Waals surface area contributed by atoms with E-state index in [1.54, 1.807) is 12.1 Å². The van der Waals surface area contributed by atoms with Crippen LogP contribution in [0, 0.1) is 10.1 Å². The van der Waals surface area contributed by atoms with E-state index in [2.05, 4.69) is 10.0 Å². The Bertz CT molecular complexity index is 629. The van der Waals surface area contributed by atoms with Crippen molar-refractivity contribution in [3.8, 4) is 17.0 Å². The summed E-state index contributed by atoms with van der Waals surface area (Å²) in [7, 11) is 1.34. The Morgan fingerprint density at radius 1 is 1.45 bits per heavy atom. The van der Waals surface area contributed by atoms with Crippen LogP contribution in [0.3, 0.4) is 0 Å². The molecular weight excluding hydrogens is 269 g/mol. The molecule has 0 spiro atoms. The van der Waals surface area contributed by atoms with Crippen molar-refractivity contribution in [2.45, 2.75) is 13.2 Å². The average molecular weight is 281 g/mol. The summed E-state index contributed by atoms with van der Waals surface area (Å²) in [5, 5.41) is 15.1. The van der Waals surface area contributed by atoms with Crippen LogP contribution in [0.5, 0.6) is 5.75 Å². The van der Waals surface area contributed by atoms with E-state index < -0.39 is 11.2 Å². The number of rotatable bonds is 5. The molecule has 0 fully saturated rings. The summed E-state index contributed by atoms with van der Waals surface area (Å²) < 4.78 is 18.5. The van der Waals surface area contributed by atoms with Gasteiger partial charge in [0.2, 0.25) is 5.75 Å². The molecule has 8 heteroatoms. The number of benzene rings is 1. The number of hydrogen-bond acceptors (Lipinski definition) is 5. The number of para-hydroxylation sites is 1. The van der Waals surface area contributed by atoms with Crippen LogP contribution in [0.4, 0.5) is 10.2 Å². The third kappa shape index (κ3) is 2.45. The number of aromatic nitrogens is 2. The van der Waals surface area contributed by atoms with E-state index >= 15 is 0 Å². The number of halogens is 1. The van der Waals surface area contributed by atoms with Crippen molar-refractivity contribution >= 4 is 5.69 Å². The number of hydrogen-bond donors (Lipinski definition) is 0. The molecule has 1 heterocycles. The molecule has 7 nitrogen and oxygen atoms in total. The molecule has 1 aromatic carbocycles. The van der Waals surface area contributed by atoms with Gasteiger partial charge < -0.3 is 4.74 Å². The number of methoxy groups -OCH3 is 1. The molecule has 0 radical (unpaired) electrons. The van der Waals surface area contributed by atoms with Gasteiger partial charge in [-0.05, 0) is 23.6 Å². The van der Waals surface area contributed by atoms with Gasteiger partial charge in [-0.15, -0.1) is 0 Å². The second-order valence-corrected chi connectivity index (χ2v) is 3.98. The standard InChI is InChI=1S/C12H12FN3O4/c1-8(20-13)15-7-6-10(14-15)9-4-3-5-11(16(17)18)12(9)19-2/h3-8H,1-2H3. The molecule has 1 unspecified atom stereocenters. The molecule has 0 saturated carbocycles. The van der Waals surface area contributed by atoms with E-state index in [0.29, 0.717) is 11.3 Å². The minimum absolute atomic E-state index is 0.108. The first-order valence-corrected chi connectivity index (χ1v) is 5.72. The zero-order valence-corrected chi connectivity index (χ0v) is 10.8. The van der Waals surface area contributed by atoms with Gasteiger partial charge in [-0.2, -0.15) is 10.0 Å². The fourth-order valence-corrected chi connectivity index (χ4v) is 1.81. The largest absolute Gasteiger partial charge is 0.490 e. The molecule has 0 bridgehead atoms. The van der Waals surface area contributed by atoms with Crippen LogP contribution in [0.15, 0.2) is 30.5 Å². The lowest BCUT2D eigenvalue weighted by molar-refractivity contribution is -0.385. The SMILES string of the molecule is COc1c(-c2ccn(C(C)OF)n2)cccc1[N+](=O)[O-]. The Morgan fingerprint density at radius 2 is 2.20 bits per heavy atom. The lowest BCUT2D eigenvalue weighted by Gasteiger charge is -2.07. The summed E-state index contributed by atoms with van der Waals surface area (Å²) in [6.45, 7) is 1.47. The van der Waals surface area contributed by atoms with Crippen LogP contribution in [-0.4, -0.2) is 21.8 Å². The smallest absolute Gasteiger partial charge is 0.311 e. The molecule has 1 atom stereocenters. The molecule has 1 aromatic heterocycles. The van der Waals surface area contributed by atoms with Crippen molar-refractivity contribution in [1.82, 2.24) is 9.78 Å². The predicted octanol–water partition coefficient (Wildman–Crippen LogP) is 2.89. The molecule has 20 heavy (non-hydrogen) atoms. The molecule has 0 aliphatic carbocycles. The Hall–Kier alpha value is -2.48. The third-order valence-electron chi connectivity index (χ3n) is 2.78. The molecular formula is C12H12FN3O4.